The van der Waals surface area contributed by atoms with Crippen LogP contribution < -0.4 is 25.8 Å². The molecule has 3 amide bonds. The maximum absolute atomic E-state index is 13.7. The normalized spacial score (nSPS) is 16.0. The molecule has 4 aromatic rings. The van der Waals surface area contributed by atoms with Gasteiger partial charge in [0.25, 0.3) is 0 Å². The minimum atomic E-state index is -0.639. The first-order chi connectivity index (χ1) is 20.0. The molecule has 1 aliphatic heterocycles. The van der Waals surface area contributed by atoms with Gasteiger partial charge in [0.1, 0.15) is 10.6 Å². The second-order valence-corrected chi connectivity index (χ2v) is 11.2. The Balaban J connectivity index is 1.35. The number of pyridine rings is 2. The second-order valence-electron chi connectivity index (χ2n) is 10.2. The summed E-state index contributed by atoms with van der Waals surface area (Å²) in [6.45, 7) is 3.62. The summed E-state index contributed by atoms with van der Waals surface area (Å²) in [5.74, 6) is 0.908. The Labute approximate surface area is 242 Å². The molecule has 212 valence electrons. The van der Waals surface area contributed by atoms with Crippen LogP contribution in [-0.2, 0) is 9.63 Å². The number of hydrogen-bond donors (Lipinski definition) is 3. The lowest BCUT2D eigenvalue weighted by Gasteiger charge is -2.31. The van der Waals surface area contributed by atoms with Crippen LogP contribution in [0, 0.1) is 6.92 Å². The van der Waals surface area contributed by atoms with Crippen LogP contribution in [0.15, 0.2) is 54.7 Å². The number of carbonyl (C=O) groups is 2. The molecular formula is C30H32N6O4S. The highest BCUT2D eigenvalue weighted by Gasteiger charge is 2.35. The number of nitrogens with one attached hydrogen (secondary N) is 3. The number of hydrogen-bond acceptors (Lipinski definition) is 8. The van der Waals surface area contributed by atoms with Crippen molar-refractivity contribution in [3.8, 4) is 11.6 Å². The van der Waals surface area contributed by atoms with Gasteiger partial charge in [-0.25, -0.2) is 25.1 Å². The van der Waals surface area contributed by atoms with Crippen molar-refractivity contribution in [1.29, 1.82) is 0 Å². The number of ether oxygens (including phenoxy) is 1. The number of rotatable bonds is 9. The van der Waals surface area contributed by atoms with Crippen molar-refractivity contribution in [3.05, 3.63) is 65.3 Å². The van der Waals surface area contributed by atoms with Crippen LogP contribution in [-0.4, -0.2) is 27.9 Å². The highest BCUT2D eigenvalue weighted by atomic mass is 32.1. The molecule has 1 saturated carbocycles. The molecule has 6 rings (SSSR count). The summed E-state index contributed by atoms with van der Waals surface area (Å²) in [6.07, 6.45) is 6.93. The van der Waals surface area contributed by atoms with Crippen molar-refractivity contribution in [3.63, 3.8) is 0 Å². The number of benzene rings is 1. The quantitative estimate of drug-likeness (QED) is 0.148. The molecule has 41 heavy (non-hydrogen) atoms. The van der Waals surface area contributed by atoms with Gasteiger partial charge in [-0.1, -0.05) is 44.4 Å². The zero-order chi connectivity index (χ0) is 28.3. The number of aryl methyl sites for hydroxylation is 1. The molecule has 10 nitrogen and oxygen atoms in total. The van der Waals surface area contributed by atoms with Crippen LogP contribution in [0.1, 0.15) is 62.2 Å². The Kier molecular flexibility index (Phi) is 7.82. The van der Waals surface area contributed by atoms with Gasteiger partial charge in [0.2, 0.25) is 11.8 Å². The number of hydroxylamine groups is 1. The van der Waals surface area contributed by atoms with E-state index in [1.165, 1.54) is 17.8 Å². The Bertz CT molecular complexity index is 1570. The molecule has 0 spiro atoms. The van der Waals surface area contributed by atoms with E-state index in [0.29, 0.717) is 40.8 Å². The summed E-state index contributed by atoms with van der Waals surface area (Å²) >= 11 is 1.44. The maximum atomic E-state index is 13.7. The van der Waals surface area contributed by atoms with E-state index in [2.05, 4.69) is 26.1 Å². The van der Waals surface area contributed by atoms with Crippen molar-refractivity contribution in [1.82, 2.24) is 20.8 Å². The van der Waals surface area contributed by atoms with Crippen LogP contribution in [0.2, 0.25) is 0 Å². The van der Waals surface area contributed by atoms with Gasteiger partial charge in [0.05, 0.1) is 33.0 Å². The van der Waals surface area contributed by atoms with E-state index in [1.54, 1.807) is 24.1 Å². The zero-order valence-electron chi connectivity index (χ0n) is 23.0. The molecule has 1 aromatic carbocycles. The average molecular weight is 573 g/mol. The third kappa shape index (κ3) is 5.61. The van der Waals surface area contributed by atoms with E-state index >= 15 is 0 Å². The molecule has 3 N–H and O–H groups in total. The van der Waals surface area contributed by atoms with Crippen LogP contribution >= 0.6 is 11.3 Å². The van der Waals surface area contributed by atoms with Crippen molar-refractivity contribution in [2.45, 2.75) is 64.6 Å². The van der Waals surface area contributed by atoms with Crippen molar-refractivity contribution < 1.29 is 19.2 Å². The summed E-state index contributed by atoms with van der Waals surface area (Å²) in [4.78, 5) is 44.1. The van der Waals surface area contributed by atoms with Crippen molar-refractivity contribution in [2.24, 2.45) is 0 Å². The maximum Gasteiger partial charge on any atom is 0.331 e. The number of anilines is 3. The number of para-hydroxylation sites is 1. The van der Waals surface area contributed by atoms with Gasteiger partial charge < -0.3 is 10.1 Å². The monoisotopic (exact) mass is 572 g/mol. The smallest absolute Gasteiger partial charge is 0.331 e. The molecule has 1 aliphatic carbocycles. The second kappa shape index (κ2) is 11.8. The molecule has 0 bridgehead atoms. The molecule has 11 heteroatoms. The predicted molar refractivity (Wildman–Crippen MR) is 159 cm³/mol. The number of thiophene rings is 1. The summed E-state index contributed by atoms with van der Waals surface area (Å²) in [7, 11) is 0. The van der Waals surface area contributed by atoms with Gasteiger partial charge in [-0.05, 0) is 44.0 Å². The topological polar surface area (TPSA) is 118 Å². The molecule has 0 saturated heterocycles. The van der Waals surface area contributed by atoms with Crippen LogP contribution in [0.5, 0.6) is 11.6 Å². The number of urea groups is 1. The molecule has 1 atom stereocenters. The highest BCUT2D eigenvalue weighted by molar-refractivity contribution is 7.19. The van der Waals surface area contributed by atoms with E-state index in [4.69, 9.17) is 9.57 Å². The molecule has 1 fully saturated rings. The van der Waals surface area contributed by atoms with Crippen LogP contribution in [0.3, 0.4) is 0 Å². The third-order valence-electron chi connectivity index (χ3n) is 7.35. The Morgan fingerprint density at radius 3 is 2.68 bits per heavy atom. The number of amides is 3. The molecule has 1 unspecified atom stereocenters. The molecule has 0 radical (unpaired) electrons. The van der Waals surface area contributed by atoms with Gasteiger partial charge >= 0.3 is 6.03 Å². The molecule has 2 aliphatic rings. The Morgan fingerprint density at radius 2 is 1.93 bits per heavy atom. The Hall–Kier alpha value is -4.06. The summed E-state index contributed by atoms with van der Waals surface area (Å²) in [6, 6.07) is 14.8. The first kappa shape index (κ1) is 27.1. The lowest BCUT2D eigenvalue weighted by Crippen LogP contribution is -2.40. The number of aromatic nitrogens is 2. The van der Waals surface area contributed by atoms with Crippen molar-refractivity contribution >= 4 is 50.6 Å². The van der Waals surface area contributed by atoms with E-state index in [9.17, 15) is 9.59 Å². The van der Waals surface area contributed by atoms with Crippen LogP contribution in [0.4, 0.5) is 21.9 Å². The van der Waals surface area contributed by atoms with E-state index in [0.717, 1.165) is 40.8 Å². The van der Waals surface area contributed by atoms with Crippen LogP contribution in [0.25, 0.3) is 10.2 Å². The molecular weight excluding hydrogens is 540 g/mol. The molecule has 4 heterocycles. The lowest BCUT2D eigenvalue weighted by molar-refractivity contribution is -0.141. The number of carbonyl (C=O) groups excluding carboxylic acids is 2. The standard InChI is InChI=1S/C30H32N6O4S/c1-3-23(37)35-40-28(33-19-10-6-4-7-11-19)27-26-25-22(16-17-31-29(25)41-27)36(30(38)34-26)21-14-15-24(32-18(21)2)39-20-12-8-5-9-13-20/h5,8-9,12-17,19,28,33H,3-4,6-7,10-11H2,1-2H3,(H,34,38)(H,35,37). The minimum absolute atomic E-state index is 0.216. The summed E-state index contributed by atoms with van der Waals surface area (Å²) in [5.41, 5.74) is 5.18. The molecule has 3 aromatic heterocycles. The van der Waals surface area contributed by atoms with Gasteiger partial charge in [0, 0.05) is 24.7 Å². The predicted octanol–water partition coefficient (Wildman–Crippen LogP) is 6.85. The van der Waals surface area contributed by atoms with Crippen molar-refractivity contribution in [2.75, 3.05) is 10.2 Å². The third-order valence-corrected chi connectivity index (χ3v) is 8.50. The summed E-state index contributed by atoms with van der Waals surface area (Å²) in [5, 5.41) is 7.49. The average Bonchev–Trinajstić information content (AvgIpc) is 3.36. The van der Waals surface area contributed by atoms with E-state index < -0.39 is 6.23 Å². The first-order valence-electron chi connectivity index (χ1n) is 14.0. The zero-order valence-corrected chi connectivity index (χ0v) is 23.8. The fourth-order valence-electron chi connectivity index (χ4n) is 5.31. The van der Waals surface area contributed by atoms with Gasteiger partial charge in [-0.15, -0.1) is 11.3 Å². The largest absolute Gasteiger partial charge is 0.439 e. The Morgan fingerprint density at radius 1 is 1.12 bits per heavy atom. The highest BCUT2D eigenvalue weighted by Crippen LogP contribution is 2.48. The van der Waals surface area contributed by atoms with Gasteiger partial charge in [-0.2, -0.15) is 0 Å². The number of nitrogens with zero attached hydrogens (tertiary/aromatic N) is 3. The minimum Gasteiger partial charge on any atom is -0.439 e. The summed E-state index contributed by atoms with van der Waals surface area (Å²) < 4.78 is 5.89. The fourth-order valence-corrected chi connectivity index (χ4v) is 6.42. The van der Waals surface area contributed by atoms with E-state index in [-0.39, 0.29) is 18.0 Å². The fraction of sp³-hybridized carbons (Fsp3) is 0.333. The lowest BCUT2D eigenvalue weighted by atomic mass is 9.95. The van der Waals surface area contributed by atoms with Gasteiger partial charge in [-0.3, -0.25) is 15.0 Å². The van der Waals surface area contributed by atoms with Gasteiger partial charge in [0.15, 0.2) is 6.23 Å². The van der Waals surface area contributed by atoms with E-state index in [1.807, 2.05) is 49.4 Å². The first-order valence-corrected chi connectivity index (χ1v) is 14.8. The SMILES string of the molecule is CCC(=O)NOC(NC1CCCCC1)c1sc2nccc3c2c1NC(=O)N3c1ccc(Oc2ccccc2)nc1C.